The molecule has 1 rings (SSSR count). The van der Waals surface area contributed by atoms with Crippen molar-refractivity contribution < 1.29 is 4.79 Å². The molecule has 0 bridgehead atoms. The smallest absolute Gasteiger partial charge is 0.255 e. The van der Waals surface area contributed by atoms with Crippen molar-refractivity contribution in [3.8, 4) is 0 Å². The van der Waals surface area contributed by atoms with E-state index in [-0.39, 0.29) is 17.4 Å². The van der Waals surface area contributed by atoms with Crippen molar-refractivity contribution in [1.29, 1.82) is 0 Å². The number of nitrogens with two attached hydrogens (primary N) is 1. The Kier molecular flexibility index (Phi) is 4.69. The summed E-state index contributed by atoms with van der Waals surface area (Å²) >= 11 is 0. The number of hydrogen-bond acceptors (Lipinski definition) is 3. The minimum atomic E-state index is -0.00652. The van der Waals surface area contributed by atoms with E-state index in [0.29, 0.717) is 11.3 Å². The zero-order chi connectivity index (χ0) is 15.7. The Morgan fingerprint density at radius 3 is 2.20 bits per heavy atom. The van der Waals surface area contributed by atoms with Crippen LogP contribution in [0.1, 0.15) is 38.1 Å². The lowest BCUT2D eigenvalue weighted by molar-refractivity contribution is 0.0828. The van der Waals surface area contributed by atoms with Gasteiger partial charge >= 0.3 is 0 Å². The summed E-state index contributed by atoms with van der Waals surface area (Å²) in [5.41, 5.74) is 8.24. The summed E-state index contributed by atoms with van der Waals surface area (Å²) in [5, 5.41) is 0. The third kappa shape index (κ3) is 3.44. The van der Waals surface area contributed by atoms with E-state index in [1.165, 1.54) is 0 Å². The van der Waals surface area contributed by atoms with Gasteiger partial charge in [-0.2, -0.15) is 0 Å². The first kappa shape index (κ1) is 16.3. The van der Waals surface area contributed by atoms with Gasteiger partial charge in [0.05, 0.1) is 11.3 Å². The summed E-state index contributed by atoms with van der Waals surface area (Å²) in [6.45, 7) is 8.73. The first-order valence-corrected chi connectivity index (χ1v) is 6.89. The second-order valence-corrected chi connectivity index (χ2v) is 6.63. The molecule has 2 N–H and O–H groups in total. The van der Waals surface area contributed by atoms with Gasteiger partial charge in [-0.25, -0.2) is 0 Å². The van der Waals surface area contributed by atoms with Crippen LogP contribution in [0.15, 0.2) is 18.2 Å². The number of hydrogen-bond donors (Lipinski definition) is 1. The minimum Gasteiger partial charge on any atom is -0.399 e. The number of carbonyl (C=O) groups is 1. The molecule has 0 spiro atoms. The Hall–Kier alpha value is -1.71. The summed E-state index contributed by atoms with van der Waals surface area (Å²) in [6, 6.07) is 5.73. The predicted molar refractivity (Wildman–Crippen MR) is 86.2 cm³/mol. The van der Waals surface area contributed by atoms with Gasteiger partial charge in [0.1, 0.15) is 0 Å². The van der Waals surface area contributed by atoms with Gasteiger partial charge in [-0.15, -0.1) is 0 Å². The Bertz CT molecular complexity index is 489. The normalized spacial score (nSPS) is 12.9. The first-order chi connectivity index (χ1) is 9.05. The van der Waals surface area contributed by atoms with Crippen molar-refractivity contribution >= 4 is 17.3 Å². The monoisotopic (exact) mass is 277 g/mol. The molecule has 0 aliphatic heterocycles. The molecule has 0 aromatic heterocycles. The summed E-state index contributed by atoms with van der Waals surface area (Å²) in [6.07, 6.45) is 0. The number of rotatable bonds is 3. The molecule has 1 unspecified atom stereocenters. The van der Waals surface area contributed by atoms with Gasteiger partial charge in [0.25, 0.3) is 5.91 Å². The lowest BCUT2D eigenvalue weighted by Crippen LogP contribution is -2.40. The molecule has 4 heteroatoms. The molecule has 0 saturated heterocycles. The lowest BCUT2D eigenvalue weighted by Gasteiger charge is -2.38. The molecule has 0 saturated carbocycles. The first-order valence-electron chi connectivity index (χ1n) is 6.89. The molecule has 0 fully saturated rings. The fraction of sp³-hybridized carbons (Fsp3) is 0.562. The van der Waals surface area contributed by atoms with Crippen molar-refractivity contribution in [2.24, 2.45) is 5.41 Å². The van der Waals surface area contributed by atoms with E-state index in [1.54, 1.807) is 31.1 Å². The van der Waals surface area contributed by atoms with Crippen LogP contribution in [0.5, 0.6) is 0 Å². The lowest BCUT2D eigenvalue weighted by atomic mass is 9.86. The van der Waals surface area contributed by atoms with Crippen LogP contribution in [0.25, 0.3) is 0 Å². The highest BCUT2D eigenvalue weighted by Crippen LogP contribution is 2.31. The third-order valence-corrected chi connectivity index (χ3v) is 3.87. The van der Waals surface area contributed by atoms with E-state index in [2.05, 4.69) is 32.6 Å². The topological polar surface area (TPSA) is 49.6 Å². The quantitative estimate of drug-likeness (QED) is 0.864. The second kappa shape index (κ2) is 5.73. The van der Waals surface area contributed by atoms with Crippen LogP contribution >= 0.6 is 0 Å². The molecule has 0 aliphatic rings. The van der Waals surface area contributed by atoms with Gasteiger partial charge in [-0.05, 0) is 30.5 Å². The fourth-order valence-corrected chi connectivity index (χ4v) is 2.05. The van der Waals surface area contributed by atoms with Crippen LogP contribution in [0.3, 0.4) is 0 Å². The highest BCUT2D eigenvalue weighted by molar-refractivity contribution is 6.00. The number of carbonyl (C=O) groups excluding carboxylic acids is 1. The van der Waals surface area contributed by atoms with Crippen LogP contribution in [0, 0.1) is 5.41 Å². The van der Waals surface area contributed by atoms with E-state index in [0.717, 1.165) is 5.69 Å². The van der Waals surface area contributed by atoms with Crippen LogP contribution in [0.2, 0.25) is 0 Å². The summed E-state index contributed by atoms with van der Waals surface area (Å²) in [4.78, 5) is 16.0. The standard InChI is InChI=1S/C16H27N3O/c1-11(16(2,3)4)19(7)14-10-12(17)8-9-13(14)15(20)18(5)6/h8-11H,17H2,1-7H3. The molecule has 1 atom stereocenters. The van der Waals surface area contributed by atoms with Gasteiger partial charge in [-0.1, -0.05) is 20.8 Å². The van der Waals surface area contributed by atoms with Crippen LogP contribution in [-0.4, -0.2) is 38.0 Å². The van der Waals surface area contributed by atoms with Crippen molar-refractivity contribution in [3.05, 3.63) is 23.8 Å². The largest absolute Gasteiger partial charge is 0.399 e. The summed E-state index contributed by atoms with van der Waals surface area (Å²) in [7, 11) is 5.53. The Balaban J connectivity index is 3.29. The maximum Gasteiger partial charge on any atom is 0.255 e. The molecule has 1 amide bonds. The molecular formula is C16H27N3O. The van der Waals surface area contributed by atoms with Crippen molar-refractivity contribution in [2.75, 3.05) is 31.8 Å². The Morgan fingerprint density at radius 1 is 1.20 bits per heavy atom. The van der Waals surface area contributed by atoms with E-state index in [9.17, 15) is 4.79 Å². The molecule has 0 aliphatic carbocycles. The molecule has 0 heterocycles. The minimum absolute atomic E-state index is 0.00652. The SMILES string of the molecule is CC(N(C)c1cc(N)ccc1C(=O)N(C)C)C(C)(C)C. The van der Waals surface area contributed by atoms with E-state index in [4.69, 9.17) is 5.73 Å². The molecule has 112 valence electrons. The van der Waals surface area contributed by atoms with Gasteiger partial charge in [0.2, 0.25) is 0 Å². The summed E-state index contributed by atoms with van der Waals surface area (Å²) in [5.74, 6) is -0.00652. The van der Waals surface area contributed by atoms with E-state index in [1.807, 2.05) is 13.1 Å². The van der Waals surface area contributed by atoms with Crippen LogP contribution in [0.4, 0.5) is 11.4 Å². The Morgan fingerprint density at radius 2 is 1.75 bits per heavy atom. The maximum atomic E-state index is 12.3. The molecular weight excluding hydrogens is 250 g/mol. The van der Waals surface area contributed by atoms with Gasteiger partial charge in [0.15, 0.2) is 0 Å². The number of nitrogen functional groups attached to an aromatic ring is 1. The molecule has 20 heavy (non-hydrogen) atoms. The highest BCUT2D eigenvalue weighted by atomic mass is 16.2. The second-order valence-electron chi connectivity index (χ2n) is 6.63. The van der Waals surface area contributed by atoms with Gasteiger partial charge in [0, 0.05) is 32.9 Å². The third-order valence-electron chi connectivity index (χ3n) is 3.87. The molecule has 4 nitrogen and oxygen atoms in total. The maximum absolute atomic E-state index is 12.3. The Labute approximate surface area is 122 Å². The fourth-order valence-electron chi connectivity index (χ4n) is 2.05. The zero-order valence-electron chi connectivity index (χ0n) is 13.7. The zero-order valence-corrected chi connectivity index (χ0v) is 13.7. The van der Waals surface area contributed by atoms with Crippen molar-refractivity contribution in [3.63, 3.8) is 0 Å². The van der Waals surface area contributed by atoms with Crippen molar-refractivity contribution in [1.82, 2.24) is 4.90 Å². The molecule has 0 radical (unpaired) electrons. The van der Waals surface area contributed by atoms with Crippen molar-refractivity contribution in [2.45, 2.75) is 33.7 Å². The van der Waals surface area contributed by atoms with Crippen LogP contribution in [-0.2, 0) is 0 Å². The van der Waals surface area contributed by atoms with E-state index < -0.39 is 0 Å². The number of amides is 1. The van der Waals surface area contributed by atoms with Crippen LogP contribution < -0.4 is 10.6 Å². The van der Waals surface area contributed by atoms with Gasteiger partial charge < -0.3 is 15.5 Å². The average molecular weight is 277 g/mol. The average Bonchev–Trinajstić information content (AvgIpc) is 2.34. The number of nitrogens with zero attached hydrogens (tertiary/aromatic N) is 2. The number of benzene rings is 1. The summed E-state index contributed by atoms with van der Waals surface area (Å²) < 4.78 is 0. The van der Waals surface area contributed by atoms with Gasteiger partial charge in [-0.3, -0.25) is 4.79 Å². The predicted octanol–water partition coefficient (Wildman–Crippen LogP) is 2.84. The molecule has 1 aromatic carbocycles. The molecule has 1 aromatic rings. The highest BCUT2D eigenvalue weighted by Gasteiger charge is 2.27. The number of anilines is 2. The van der Waals surface area contributed by atoms with E-state index >= 15 is 0 Å².